The van der Waals surface area contributed by atoms with Crippen molar-refractivity contribution in [3.05, 3.63) is 100 Å². The van der Waals surface area contributed by atoms with Crippen LogP contribution >= 0.6 is 11.6 Å². The lowest BCUT2D eigenvalue weighted by atomic mass is 9.84. The molecule has 0 spiro atoms. The molecule has 1 aliphatic rings. The van der Waals surface area contributed by atoms with Crippen LogP contribution in [-0.2, 0) is 16.6 Å². The van der Waals surface area contributed by atoms with Crippen LogP contribution in [0, 0.1) is 24.5 Å². The van der Waals surface area contributed by atoms with Crippen molar-refractivity contribution in [2.45, 2.75) is 37.6 Å². The number of allylic oxidation sites excluding steroid dienone is 1. The van der Waals surface area contributed by atoms with Gasteiger partial charge in [0.1, 0.15) is 39.5 Å². The topological polar surface area (TPSA) is 91.1 Å². The molecular formula is C32H31ClF2N2O6S. The lowest BCUT2D eigenvalue weighted by Gasteiger charge is -2.26. The Hall–Kier alpha value is -4.09. The van der Waals surface area contributed by atoms with Crippen molar-refractivity contribution in [2.75, 3.05) is 25.1 Å². The molecule has 1 heterocycles. The molecule has 232 valence electrons. The molecule has 1 aromatic heterocycles. The zero-order chi connectivity index (χ0) is 31.4. The Morgan fingerprint density at radius 1 is 1.02 bits per heavy atom. The monoisotopic (exact) mass is 644 g/mol. The fourth-order valence-electron chi connectivity index (χ4n) is 5.14. The summed E-state index contributed by atoms with van der Waals surface area (Å²) in [6, 6.07) is 14.6. The standard InChI is InChI=1S/C32H31ClF2N2O6S/c1-20-14-32(36-43-20)37(18-22-10-13-25(40-2)15-29(22)41-3)44(38,39)31-16-27(33)30(17-28(31)35)42-19-23-6-4-5-7-26(23)21-8-11-24(34)12-9-21/h7-17,23H,4-6,18-19H2,1-3H3. The first-order chi connectivity index (χ1) is 21.1. The van der Waals surface area contributed by atoms with Gasteiger partial charge in [-0.25, -0.2) is 21.5 Å². The zero-order valence-corrected chi connectivity index (χ0v) is 25.9. The van der Waals surface area contributed by atoms with Gasteiger partial charge >= 0.3 is 0 Å². The largest absolute Gasteiger partial charge is 0.497 e. The third kappa shape index (κ3) is 6.68. The van der Waals surface area contributed by atoms with E-state index in [9.17, 15) is 12.8 Å². The van der Waals surface area contributed by atoms with Crippen molar-refractivity contribution in [3.8, 4) is 17.2 Å². The second-order valence-corrected chi connectivity index (χ2v) is 12.5. The maximum Gasteiger partial charge on any atom is 0.268 e. The van der Waals surface area contributed by atoms with Gasteiger partial charge in [-0.15, -0.1) is 0 Å². The summed E-state index contributed by atoms with van der Waals surface area (Å²) in [5, 5.41) is 3.80. The van der Waals surface area contributed by atoms with Crippen molar-refractivity contribution < 1.29 is 35.9 Å². The molecule has 0 radical (unpaired) electrons. The van der Waals surface area contributed by atoms with Gasteiger partial charge in [0.25, 0.3) is 10.0 Å². The summed E-state index contributed by atoms with van der Waals surface area (Å²) < 4.78 is 79.8. The maximum atomic E-state index is 15.7. The first-order valence-corrected chi connectivity index (χ1v) is 15.7. The fraction of sp³-hybridized carbons (Fsp3) is 0.281. The summed E-state index contributed by atoms with van der Waals surface area (Å²) in [5.74, 6) is -0.211. The number of aromatic nitrogens is 1. The fourth-order valence-corrected chi connectivity index (χ4v) is 6.87. The van der Waals surface area contributed by atoms with Crippen LogP contribution in [0.4, 0.5) is 14.6 Å². The first-order valence-electron chi connectivity index (χ1n) is 13.9. The minimum Gasteiger partial charge on any atom is -0.497 e. The number of nitrogens with zero attached hydrogens (tertiary/aromatic N) is 2. The Bertz CT molecular complexity index is 1780. The molecule has 3 aromatic carbocycles. The molecule has 12 heteroatoms. The zero-order valence-electron chi connectivity index (χ0n) is 24.3. The predicted octanol–water partition coefficient (Wildman–Crippen LogP) is 7.59. The molecule has 0 amide bonds. The molecule has 44 heavy (non-hydrogen) atoms. The van der Waals surface area contributed by atoms with E-state index in [0.29, 0.717) is 22.8 Å². The molecule has 5 rings (SSSR count). The predicted molar refractivity (Wildman–Crippen MR) is 163 cm³/mol. The van der Waals surface area contributed by atoms with E-state index in [-0.39, 0.29) is 41.5 Å². The van der Waals surface area contributed by atoms with Crippen LogP contribution in [0.3, 0.4) is 0 Å². The van der Waals surface area contributed by atoms with Crippen LogP contribution in [0.2, 0.25) is 5.02 Å². The third-order valence-electron chi connectivity index (χ3n) is 7.41. The molecule has 1 atom stereocenters. The Balaban J connectivity index is 1.42. The van der Waals surface area contributed by atoms with Gasteiger partial charge < -0.3 is 18.7 Å². The molecule has 1 unspecified atom stereocenters. The number of aryl methyl sites for hydroxylation is 1. The number of benzene rings is 3. The van der Waals surface area contributed by atoms with Crippen molar-refractivity contribution in [1.82, 2.24) is 5.16 Å². The normalized spacial score (nSPS) is 15.0. The minimum absolute atomic E-state index is 0.00722. The molecule has 8 nitrogen and oxygen atoms in total. The summed E-state index contributed by atoms with van der Waals surface area (Å²) in [6.07, 6.45) is 4.74. The molecule has 0 aliphatic heterocycles. The highest BCUT2D eigenvalue weighted by Crippen LogP contribution is 2.37. The average molecular weight is 645 g/mol. The number of halogens is 3. The van der Waals surface area contributed by atoms with Gasteiger partial charge in [-0.1, -0.05) is 35.0 Å². The lowest BCUT2D eigenvalue weighted by Crippen LogP contribution is -2.31. The summed E-state index contributed by atoms with van der Waals surface area (Å²) in [5.41, 5.74) is 2.37. The Labute approximate surface area is 259 Å². The lowest BCUT2D eigenvalue weighted by molar-refractivity contribution is 0.267. The molecule has 0 bridgehead atoms. The summed E-state index contributed by atoms with van der Waals surface area (Å²) in [7, 11) is -1.62. The van der Waals surface area contributed by atoms with E-state index < -0.39 is 20.7 Å². The Kier molecular flexibility index (Phi) is 9.45. The quantitative estimate of drug-likeness (QED) is 0.166. The highest BCUT2D eigenvalue weighted by molar-refractivity contribution is 7.92. The number of hydrogen-bond donors (Lipinski definition) is 0. The number of hydrogen-bond acceptors (Lipinski definition) is 7. The van der Waals surface area contributed by atoms with Gasteiger partial charge in [0, 0.05) is 29.7 Å². The van der Waals surface area contributed by atoms with E-state index in [0.717, 1.165) is 46.8 Å². The van der Waals surface area contributed by atoms with E-state index >= 15 is 4.39 Å². The Morgan fingerprint density at radius 2 is 1.80 bits per heavy atom. The number of sulfonamides is 1. The second kappa shape index (κ2) is 13.3. The highest BCUT2D eigenvalue weighted by Gasteiger charge is 2.32. The minimum atomic E-state index is -4.56. The van der Waals surface area contributed by atoms with E-state index in [1.165, 1.54) is 32.4 Å². The van der Waals surface area contributed by atoms with E-state index in [1.54, 1.807) is 37.3 Å². The summed E-state index contributed by atoms with van der Waals surface area (Å²) >= 11 is 6.49. The number of ether oxygens (including phenoxy) is 3. The van der Waals surface area contributed by atoms with E-state index in [1.807, 2.05) is 0 Å². The number of rotatable bonds is 11. The van der Waals surface area contributed by atoms with Crippen LogP contribution in [0.15, 0.2) is 76.2 Å². The first kappa shape index (κ1) is 31.3. The van der Waals surface area contributed by atoms with Crippen molar-refractivity contribution >= 4 is 33.0 Å². The van der Waals surface area contributed by atoms with Gasteiger partial charge in [-0.05, 0) is 67.7 Å². The molecular weight excluding hydrogens is 614 g/mol. The summed E-state index contributed by atoms with van der Waals surface area (Å²) in [6.45, 7) is 1.54. The van der Waals surface area contributed by atoms with E-state index in [2.05, 4.69) is 11.2 Å². The molecule has 0 saturated carbocycles. The molecule has 0 saturated heterocycles. The van der Waals surface area contributed by atoms with Gasteiger partial charge in [-0.2, -0.15) is 0 Å². The van der Waals surface area contributed by atoms with Crippen molar-refractivity contribution in [1.29, 1.82) is 0 Å². The van der Waals surface area contributed by atoms with Gasteiger partial charge in [0.05, 0.1) is 32.4 Å². The van der Waals surface area contributed by atoms with Crippen LogP contribution in [-0.4, -0.2) is 34.4 Å². The second-order valence-electron chi connectivity index (χ2n) is 10.3. The van der Waals surface area contributed by atoms with Crippen LogP contribution in [0.5, 0.6) is 17.2 Å². The van der Waals surface area contributed by atoms with Gasteiger partial charge in [-0.3, -0.25) is 0 Å². The summed E-state index contributed by atoms with van der Waals surface area (Å²) in [4.78, 5) is -0.660. The van der Waals surface area contributed by atoms with Crippen LogP contribution < -0.4 is 18.5 Å². The molecule has 0 N–H and O–H groups in total. The SMILES string of the molecule is COc1ccc(CN(c2cc(C)on2)S(=O)(=O)c2cc(Cl)c(OCC3CCCC=C3c3ccc(F)cc3)cc2F)c(OC)c1. The van der Waals surface area contributed by atoms with Gasteiger partial charge in [0.2, 0.25) is 0 Å². The van der Waals surface area contributed by atoms with Crippen molar-refractivity contribution in [3.63, 3.8) is 0 Å². The van der Waals surface area contributed by atoms with Crippen LogP contribution in [0.25, 0.3) is 5.57 Å². The number of anilines is 1. The average Bonchev–Trinajstić information content (AvgIpc) is 3.45. The maximum absolute atomic E-state index is 15.7. The third-order valence-corrected chi connectivity index (χ3v) is 9.47. The Morgan fingerprint density at radius 3 is 2.48 bits per heavy atom. The molecule has 1 aliphatic carbocycles. The molecule has 0 fully saturated rings. The van der Waals surface area contributed by atoms with Crippen LogP contribution in [0.1, 0.15) is 36.1 Å². The van der Waals surface area contributed by atoms with Gasteiger partial charge in [0.15, 0.2) is 5.82 Å². The number of methoxy groups -OCH3 is 2. The van der Waals surface area contributed by atoms with E-state index in [4.69, 9.17) is 30.3 Å². The highest BCUT2D eigenvalue weighted by atomic mass is 35.5. The van der Waals surface area contributed by atoms with Crippen molar-refractivity contribution in [2.24, 2.45) is 5.92 Å². The smallest absolute Gasteiger partial charge is 0.268 e. The molecule has 4 aromatic rings.